The molecule has 0 aliphatic carbocycles. The third-order valence-corrected chi connectivity index (χ3v) is 2.93. The van der Waals surface area contributed by atoms with Gasteiger partial charge in [0.05, 0.1) is 12.8 Å². The quantitative estimate of drug-likeness (QED) is 0.876. The summed E-state index contributed by atoms with van der Waals surface area (Å²) in [6.45, 7) is 0.373. The Kier molecular flexibility index (Phi) is 5.15. The van der Waals surface area contributed by atoms with Crippen LogP contribution in [0.25, 0.3) is 0 Å². The van der Waals surface area contributed by atoms with E-state index >= 15 is 0 Å². The van der Waals surface area contributed by atoms with Gasteiger partial charge >= 0.3 is 12.2 Å². The number of rotatable bonds is 5. The number of furan rings is 1. The van der Waals surface area contributed by atoms with Crippen molar-refractivity contribution in [3.63, 3.8) is 0 Å². The molecule has 0 bridgehead atoms. The normalized spacial score (nSPS) is 11.1. The Morgan fingerprint density at radius 1 is 1.26 bits per heavy atom. The number of carbonyl (C=O) groups is 1. The monoisotopic (exact) mass is 328 g/mol. The molecule has 23 heavy (non-hydrogen) atoms. The summed E-state index contributed by atoms with van der Waals surface area (Å²) in [7, 11) is 0. The Balaban J connectivity index is 1.95. The van der Waals surface area contributed by atoms with Crippen molar-refractivity contribution in [1.82, 2.24) is 5.32 Å². The van der Waals surface area contributed by atoms with Crippen LogP contribution >= 0.6 is 0 Å². The number of anilines is 1. The molecule has 0 saturated carbocycles. The first-order chi connectivity index (χ1) is 10.8. The van der Waals surface area contributed by atoms with Crippen LogP contribution in [-0.4, -0.2) is 18.8 Å². The van der Waals surface area contributed by atoms with Crippen LogP contribution < -0.4 is 15.4 Å². The zero-order valence-corrected chi connectivity index (χ0v) is 12.2. The van der Waals surface area contributed by atoms with Crippen LogP contribution in [0.2, 0.25) is 0 Å². The zero-order chi connectivity index (χ0) is 16.9. The van der Waals surface area contributed by atoms with Gasteiger partial charge in [-0.05, 0) is 31.2 Å². The number of hydrogen-bond donors (Lipinski definition) is 2. The smallest absolute Gasteiger partial charge is 0.422 e. The lowest BCUT2D eigenvalue weighted by Crippen LogP contribution is -2.28. The van der Waals surface area contributed by atoms with Gasteiger partial charge in [0.2, 0.25) is 0 Å². The topological polar surface area (TPSA) is 63.5 Å². The molecule has 0 atom stereocenters. The summed E-state index contributed by atoms with van der Waals surface area (Å²) in [6, 6.07) is 7.38. The van der Waals surface area contributed by atoms with Crippen LogP contribution in [0.1, 0.15) is 11.3 Å². The highest BCUT2D eigenvalue weighted by Gasteiger charge is 2.28. The molecule has 124 valence electrons. The number of urea groups is 1. The predicted molar refractivity (Wildman–Crippen MR) is 77.3 cm³/mol. The number of halogens is 3. The van der Waals surface area contributed by atoms with E-state index in [0.717, 1.165) is 0 Å². The van der Waals surface area contributed by atoms with Gasteiger partial charge in [-0.1, -0.05) is 6.07 Å². The van der Waals surface area contributed by atoms with E-state index in [2.05, 4.69) is 10.6 Å². The van der Waals surface area contributed by atoms with Gasteiger partial charge in [0, 0.05) is 11.3 Å². The second-order valence-electron chi connectivity index (χ2n) is 4.72. The fraction of sp³-hybridized carbons (Fsp3) is 0.267. The Hall–Kier alpha value is -2.64. The number of amides is 2. The second kappa shape index (κ2) is 7.08. The predicted octanol–water partition coefficient (Wildman–Crippen LogP) is 3.85. The Morgan fingerprint density at radius 3 is 2.70 bits per heavy atom. The van der Waals surface area contributed by atoms with Crippen LogP contribution in [0.5, 0.6) is 5.75 Å². The maximum Gasteiger partial charge on any atom is 0.422 e. The molecule has 2 rings (SSSR count). The average Bonchev–Trinajstić information content (AvgIpc) is 2.98. The molecule has 0 unspecified atom stereocenters. The van der Waals surface area contributed by atoms with Crippen molar-refractivity contribution in [2.24, 2.45) is 0 Å². The Bertz CT molecular complexity index is 654. The van der Waals surface area contributed by atoms with E-state index in [1.807, 2.05) is 0 Å². The molecule has 0 spiro atoms. The molecular formula is C15H15F3N2O3. The molecule has 2 amide bonds. The lowest BCUT2D eigenvalue weighted by atomic mass is 10.2. The molecule has 1 heterocycles. The van der Waals surface area contributed by atoms with Crippen molar-refractivity contribution in [1.29, 1.82) is 0 Å². The van der Waals surface area contributed by atoms with Crippen molar-refractivity contribution >= 4 is 11.7 Å². The zero-order valence-electron chi connectivity index (χ0n) is 12.2. The minimum absolute atomic E-state index is 0.0613. The number of benzene rings is 1. The fourth-order valence-corrected chi connectivity index (χ4v) is 1.81. The molecule has 0 aliphatic heterocycles. The van der Waals surface area contributed by atoms with Gasteiger partial charge in [-0.15, -0.1) is 0 Å². The molecule has 1 aromatic heterocycles. The standard InChI is InChI=1S/C15H15F3N2O3/c1-10-12(5-2-6-13(10)23-9-15(16,17)18)20-14(21)19-8-11-4-3-7-22-11/h2-7H,8-9H2,1H3,(H2,19,20,21). The molecular weight excluding hydrogens is 313 g/mol. The van der Waals surface area contributed by atoms with E-state index < -0.39 is 18.8 Å². The molecule has 0 fully saturated rings. The van der Waals surface area contributed by atoms with Crippen LogP contribution in [0.15, 0.2) is 41.0 Å². The average molecular weight is 328 g/mol. The molecule has 2 N–H and O–H groups in total. The van der Waals surface area contributed by atoms with E-state index in [0.29, 0.717) is 17.0 Å². The highest BCUT2D eigenvalue weighted by Crippen LogP contribution is 2.27. The molecule has 5 nitrogen and oxygen atoms in total. The maximum atomic E-state index is 12.2. The molecule has 1 aromatic carbocycles. The van der Waals surface area contributed by atoms with Crippen LogP contribution in [0, 0.1) is 6.92 Å². The van der Waals surface area contributed by atoms with Crippen molar-refractivity contribution in [2.75, 3.05) is 11.9 Å². The summed E-state index contributed by atoms with van der Waals surface area (Å²) in [4.78, 5) is 11.8. The van der Waals surface area contributed by atoms with Gasteiger partial charge in [-0.2, -0.15) is 13.2 Å². The van der Waals surface area contributed by atoms with Gasteiger partial charge < -0.3 is 19.8 Å². The van der Waals surface area contributed by atoms with Gasteiger partial charge in [0.1, 0.15) is 11.5 Å². The third-order valence-electron chi connectivity index (χ3n) is 2.93. The van der Waals surface area contributed by atoms with E-state index in [4.69, 9.17) is 9.15 Å². The SMILES string of the molecule is Cc1c(NC(=O)NCc2ccco2)cccc1OCC(F)(F)F. The lowest BCUT2D eigenvalue weighted by Gasteiger charge is -2.14. The highest BCUT2D eigenvalue weighted by molar-refractivity contribution is 5.90. The number of ether oxygens (including phenoxy) is 1. The minimum atomic E-state index is -4.42. The Morgan fingerprint density at radius 2 is 2.04 bits per heavy atom. The van der Waals surface area contributed by atoms with Gasteiger partial charge in [0.15, 0.2) is 6.61 Å². The third kappa shape index (κ3) is 5.24. The summed E-state index contributed by atoms with van der Waals surface area (Å²) >= 11 is 0. The van der Waals surface area contributed by atoms with E-state index in [9.17, 15) is 18.0 Å². The minimum Gasteiger partial charge on any atom is -0.484 e. The first-order valence-corrected chi connectivity index (χ1v) is 6.71. The summed E-state index contributed by atoms with van der Waals surface area (Å²) in [6.07, 6.45) is -2.93. The number of alkyl halides is 3. The van der Waals surface area contributed by atoms with Gasteiger partial charge in [-0.25, -0.2) is 4.79 Å². The number of nitrogens with one attached hydrogen (secondary N) is 2. The summed E-state index contributed by atoms with van der Waals surface area (Å²) in [5.41, 5.74) is 0.770. The Labute approximate surface area is 130 Å². The molecule has 2 aromatic rings. The van der Waals surface area contributed by atoms with Crippen LogP contribution in [0.4, 0.5) is 23.7 Å². The molecule has 0 aliphatic rings. The fourth-order valence-electron chi connectivity index (χ4n) is 1.81. The first kappa shape index (κ1) is 16.7. The maximum absolute atomic E-state index is 12.2. The number of hydrogen-bond acceptors (Lipinski definition) is 3. The second-order valence-corrected chi connectivity index (χ2v) is 4.72. The highest BCUT2D eigenvalue weighted by atomic mass is 19.4. The molecule has 0 saturated heterocycles. The van der Waals surface area contributed by atoms with Gasteiger partial charge in [0.25, 0.3) is 0 Å². The summed E-state index contributed by atoms with van der Waals surface area (Å²) in [5, 5.41) is 5.13. The van der Waals surface area contributed by atoms with Crippen molar-refractivity contribution in [3.05, 3.63) is 47.9 Å². The van der Waals surface area contributed by atoms with Crippen LogP contribution in [0.3, 0.4) is 0 Å². The van der Waals surface area contributed by atoms with E-state index in [1.165, 1.54) is 18.4 Å². The molecule has 0 radical (unpaired) electrons. The molecule has 8 heteroatoms. The summed E-state index contributed by atoms with van der Waals surface area (Å²) < 4.78 is 46.4. The van der Waals surface area contributed by atoms with Crippen molar-refractivity contribution < 1.29 is 27.1 Å². The van der Waals surface area contributed by atoms with Gasteiger partial charge in [-0.3, -0.25) is 0 Å². The first-order valence-electron chi connectivity index (χ1n) is 6.71. The van der Waals surface area contributed by atoms with E-state index in [-0.39, 0.29) is 12.3 Å². The number of carbonyl (C=O) groups excluding carboxylic acids is 1. The van der Waals surface area contributed by atoms with E-state index in [1.54, 1.807) is 25.1 Å². The lowest BCUT2D eigenvalue weighted by molar-refractivity contribution is -0.153. The van der Waals surface area contributed by atoms with Crippen molar-refractivity contribution in [3.8, 4) is 5.75 Å². The van der Waals surface area contributed by atoms with Crippen LogP contribution in [-0.2, 0) is 6.54 Å². The summed E-state index contributed by atoms with van der Waals surface area (Å²) in [5.74, 6) is 0.644. The van der Waals surface area contributed by atoms with Crippen molar-refractivity contribution in [2.45, 2.75) is 19.6 Å². The largest absolute Gasteiger partial charge is 0.484 e.